The Balaban J connectivity index is 1.46. The summed E-state index contributed by atoms with van der Waals surface area (Å²) >= 11 is 0. The summed E-state index contributed by atoms with van der Waals surface area (Å²) in [4.78, 5) is 24.8. The Bertz CT molecular complexity index is 1150. The maximum absolute atomic E-state index is 12.5. The van der Waals surface area contributed by atoms with Crippen molar-refractivity contribution in [2.75, 3.05) is 0 Å². The van der Waals surface area contributed by atoms with E-state index >= 15 is 0 Å². The molecule has 0 heterocycles. The molecule has 1 aromatic rings. The van der Waals surface area contributed by atoms with E-state index < -0.39 is 5.60 Å². The van der Waals surface area contributed by atoms with Crippen molar-refractivity contribution >= 4 is 11.8 Å². The molecule has 3 fully saturated rings. The first-order valence-corrected chi connectivity index (χ1v) is 16.2. The molecule has 0 spiro atoms. The van der Waals surface area contributed by atoms with Gasteiger partial charge in [-0.15, -0.1) is 0 Å². The number of phenolic OH excluding ortho intramolecular Hbond substituents is 1. The molecule has 226 valence electrons. The number of hydrogen-bond donors (Lipinski definition) is 1. The molecule has 0 radical (unpaired) electrons. The van der Waals surface area contributed by atoms with Crippen molar-refractivity contribution < 1.29 is 24.2 Å². The van der Waals surface area contributed by atoms with Gasteiger partial charge in [0.1, 0.15) is 17.5 Å². The Labute approximate surface area is 247 Å². The second-order valence-corrected chi connectivity index (χ2v) is 14.9. The Morgan fingerprint density at radius 1 is 1.02 bits per heavy atom. The number of fused-ring (bicyclic) bond motifs is 5. The van der Waals surface area contributed by atoms with Crippen molar-refractivity contribution in [1.29, 1.82) is 0 Å². The molecule has 1 N–H and O–H groups in total. The molecule has 4 aliphatic rings. The molecule has 0 saturated heterocycles. The van der Waals surface area contributed by atoms with Crippen LogP contribution < -0.4 is 0 Å². The highest BCUT2D eigenvalue weighted by Crippen LogP contribution is 2.68. The lowest BCUT2D eigenvalue weighted by Crippen LogP contribution is -2.57. The van der Waals surface area contributed by atoms with Gasteiger partial charge in [-0.25, -0.2) is 0 Å². The van der Waals surface area contributed by atoms with Gasteiger partial charge < -0.3 is 14.6 Å². The lowest BCUT2D eigenvalue weighted by Gasteiger charge is -2.59. The van der Waals surface area contributed by atoms with E-state index in [1.165, 1.54) is 31.8 Å². The zero-order valence-electron chi connectivity index (χ0n) is 26.2. The molecule has 0 aromatic heterocycles. The minimum Gasteiger partial charge on any atom is -0.508 e. The molecule has 0 amide bonds. The molecule has 0 aliphatic heterocycles. The summed E-state index contributed by atoms with van der Waals surface area (Å²) in [6.07, 6.45) is 12.0. The zero-order chi connectivity index (χ0) is 29.6. The number of phenols is 1. The molecule has 8 atom stereocenters. The second kappa shape index (κ2) is 11.5. The van der Waals surface area contributed by atoms with Crippen LogP contribution in [0.5, 0.6) is 5.75 Å². The molecule has 3 saturated carbocycles. The average molecular weight is 565 g/mol. The first-order valence-electron chi connectivity index (χ1n) is 16.2. The third-order valence-electron chi connectivity index (χ3n) is 12.1. The minimum atomic E-state index is -0.629. The summed E-state index contributed by atoms with van der Waals surface area (Å²) < 4.78 is 13.2. The zero-order valence-corrected chi connectivity index (χ0v) is 26.2. The van der Waals surface area contributed by atoms with Crippen LogP contribution in [0, 0.1) is 40.4 Å². The van der Waals surface area contributed by atoms with Crippen LogP contribution in [-0.2, 0) is 25.7 Å². The summed E-state index contributed by atoms with van der Waals surface area (Å²) in [5.41, 5.74) is 2.05. The smallest absolute Gasteiger partial charge is 0.303 e. The van der Waals surface area contributed by atoms with Crippen LogP contribution in [0.15, 0.2) is 35.9 Å². The van der Waals surface area contributed by atoms with Crippen LogP contribution in [-0.4, -0.2) is 28.6 Å². The van der Waals surface area contributed by atoms with E-state index in [1.54, 1.807) is 12.1 Å². The fourth-order valence-electron chi connectivity index (χ4n) is 9.90. The summed E-state index contributed by atoms with van der Waals surface area (Å²) in [5, 5.41) is 9.81. The topological polar surface area (TPSA) is 72.8 Å². The monoisotopic (exact) mass is 564 g/mol. The maximum atomic E-state index is 12.5. The largest absolute Gasteiger partial charge is 0.508 e. The fraction of sp³-hybridized carbons (Fsp3) is 0.722. The van der Waals surface area contributed by atoms with Crippen molar-refractivity contribution in [3.8, 4) is 5.75 Å². The van der Waals surface area contributed by atoms with Crippen LogP contribution in [0.25, 0.3) is 0 Å². The summed E-state index contributed by atoms with van der Waals surface area (Å²) in [6, 6.07) is 7.24. The number of rotatable bonds is 9. The van der Waals surface area contributed by atoms with Crippen LogP contribution in [0.1, 0.15) is 111 Å². The van der Waals surface area contributed by atoms with Crippen molar-refractivity contribution in [3.05, 3.63) is 41.5 Å². The Morgan fingerprint density at radius 3 is 2.44 bits per heavy atom. The van der Waals surface area contributed by atoms with Crippen molar-refractivity contribution in [1.82, 2.24) is 0 Å². The predicted molar refractivity (Wildman–Crippen MR) is 161 cm³/mol. The first-order chi connectivity index (χ1) is 19.4. The number of ketones is 1. The SMILES string of the molecule is CC(=O)OC(CCC(C)C)C(C)(OCc1ccc(O)cc1)C1CCC2C3CCC4=CC(=O)CCC4(C)C3CCC21C. The molecule has 5 nitrogen and oxygen atoms in total. The number of aromatic hydroxyl groups is 1. The number of ether oxygens (including phenoxy) is 2. The van der Waals surface area contributed by atoms with Gasteiger partial charge in [-0.1, -0.05) is 45.4 Å². The third kappa shape index (κ3) is 5.65. The molecule has 1 aromatic carbocycles. The molecule has 8 unspecified atom stereocenters. The van der Waals surface area contributed by atoms with Gasteiger partial charge in [-0.2, -0.15) is 0 Å². The number of benzene rings is 1. The lowest BCUT2D eigenvalue weighted by molar-refractivity contribution is -0.205. The molecule has 5 rings (SSSR count). The highest BCUT2D eigenvalue weighted by atomic mass is 16.6. The molecular formula is C36H52O5. The van der Waals surface area contributed by atoms with Crippen LogP contribution in [0.2, 0.25) is 0 Å². The van der Waals surface area contributed by atoms with Gasteiger partial charge in [0.15, 0.2) is 5.78 Å². The van der Waals surface area contributed by atoms with Crippen molar-refractivity contribution in [2.24, 2.45) is 40.4 Å². The highest BCUT2D eigenvalue weighted by molar-refractivity contribution is 5.91. The van der Waals surface area contributed by atoms with Gasteiger partial charge in [0.25, 0.3) is 0 Å². The molecular weight excluding hydrogens is 512 g/mol. The predicted octanol–water partition coefficient (Wildman–Crippen LogP) is 8.18. The minimum absolute atomic E-state index is 0.100. The normalized spacial score (nSPS) is 35.1. The van der Waals surface area contributed by atoms with Gasteiger partial charge in [-0.3, -0.25) is 9.59 Å². The number of carbonyl (C=O) groups is 2. The number of esters is 1. The van der Waals surface area contributed by atoms with Crippen molar-refractivity contribution in [3.63, 3.8) is 0 Å². The summed E-state index contributed by atoms with van der Waals surface area (Å²) in [6.45, 7) is 13.6. The van der Waals surface area contributed by atoms with E-state index in [1.807, 2.05) is 18.2 Å². The van der Waals surface area contributed by atoms with Crippen LogP contribution in [0.4, 0.5) is 0 Å². The summed E-state index contributed by atoms with van der Waals surface area (Å²) in [7, 11) is 0. The second-order valence-electron chi connectivity index (χ2n) is 14.9. The quantitative estimate of drug-likeness (QED) is 0.306. The van der Waals surface area contributed by atoms with Gasteiger partial charge in [0.2, 0.25) is 0 Å². The van der Waals surface area contributed by atoms with E-state index in [0.29, 0.717) is 42.5 Å². The van der Waals surface area contributed by atoms with Gasteiger partial charge in [-0.05, 0) is 129 Å². The lowest BCUT2D eigenvalue weighted by atomic mass is 9.46. The molecule has 4 aliphatic carbocycles. The Kier molecular flexibility index (Phi) is 8.51. The standard InChI is InChI=1S/C36H52O5/c1-23(2)7-16-33(41-24(3)37)36(6,40-22-25-8-11-27(38)12-9-25)32-15-14-30-29-13-10-26-21-28(39)17-19-34(26,4)31(29)18-20-35(30,32)5/h8-9,11-12,21,23,29-33,38H,7,10,13-20,22H2,1-6H3. The van der Waals surface area contributed by atoms with Crippen LogP contribution in [0.3, 0.4) is 0 Å². The van der Waals surface area contributed by atoms with Crippen molar-refractivity contribution in [2.45, 2.75) is 124 Å². The maximum Gasteiger partial charge on any atom is 0.303 e. The Morgan fingerprint density at radius 2 is 1.76 bits per heavy atom. The third-order valence-corrected chi connectivity index (χ3v) is 12.1. The van der Waals surface area contributed by atoms with E-state index in [4.69, 9.17) is 9.47 Å². The number of allylic oxidation sites excluding steroid dienone is 1. The van der Waals surface area contributed by atoms with E-state index in [2.05, 4.69) is 34.6 Å². The van der Waals surface area contributed by atoms with Gasteiger partial charge >= 0.3 is 5.97 Å². The Hall–Kier alpha value is -2.14. The average Bonchev–Trinajstić information content (AvgIpc) is 3.28. The van der Waals surface area contributed by atoms with E-state index in [0.717, 1.165) is 44.1 Å². The van der Waals surface area contributed by atoms with Gasteiger partial charge in [0.05, 0.1) is 6.61 Å². The van der Waals surface area contributed by atoms with Gasteiger partial charge in [0, 0.05) is 13.3 Å². The number of hydrogen-bond acceptors (Lipinski definition) is 5. The fourth-order valence-corrected chi connectivity index (χ4v) is 9.90. The van der Waals surface area contributed by atoms with E-state index in [9.17, 15) is 14.7 Å². The molecule has 41 heavy (non-hydrogen) atoms. The summed E-state index contributed by atoms with van der Waals surface area (Å²) in [5.74, 6) is 3.01. The molecule has 5 heteroatoms. The van der Waals surface area contributed by atoms with Crippen LogP contribution >= 0.6 is 0 Å². The van der Waals surface area contributed by atoms with E-state index in [-0.39, 0.29) is 34.6 Å². The number of carbonyl (C=O) groups excluding carboxylic acids is 2. The highest BCUT2D eigenvalue weighted by Gasteiger charge is 2.63. The molecule has 0 bridgehead atoms. The first kappa shape index (κ1) is 30.3.